The SMILES string of the molecule is CN=C(NCCNS(=O)(=O)c1cccs1)NCc1ccco1.I. The molecule has 0 radical (unpaired) electrons. The number of guanidine groups is 1. The third-order valence-corrected chi connectivity index (χ3v) is 5.56. The molecule has 2 rings (SSSR count). The van der Waals surface area contributed by atoms with E-state index in [2.05, 4.69) is 20.3 Å². The molecular formula is C13H19IN4O3S2. The van der Waals surface area contributed by atoms with Crippen LogP contribution in [0.5, 0.6) is 0 Å². The van der Waals surface area contributed by atoms with Crippen molar-refractivity contribution < 1.29 is 12.8 Å². The number of halogens is 1. The predicted octanol–water partition coefficient (Wildman–Crippen LogP) is 1.60. The highest BCUT2D eigenvalue weighted by Crippen LogP contribution is 2.14. The molecule has 0 aliphatic carbocycles. The van der Waals surface area contributed by atoms with E-state index in [0.717, 1.165) is 5.76 Å². The van der Waals surface area contributed by atoms with Crippen LogP contribution in [0.2, 0.25) is 0 Å². The zero-order valence-corrected chi connectivity index (χ0v) is 16.4. The number of sulfonamides is 1. The number of nitrogens with zero attached hydrogens (tertiary/aromatic N) is 1. The number of hydrogen-bond donors (Lipinski definition) is 3. The lowest BCUT2D eigenvalue weighted by Crippen LogP contribution is -2.41. The van der Waals surface area contributed by atoms with Crippen LogP contribution < -0.4 is 15.4 Å². The molecule has 0 spiro atoms. The monoisotopic (exact) mass is 470 g/mol. The van der Waals surface area contributed by atoms with E-state index < -0.39 is 10.0 Å². The molecule has 0 amide bonds. The number of rotatable bonds is 7. The standard InChI is InChI=1S/C13H18N4O3S2.HI/c1-14-13(16-10-11-4-2-8-20-11)15-6-7-17-22(18,19)12-5-3-9-21-12;/h2-5,8-9,17H,6-7,10H2,1H3,(H2,14,15,16);1H. The van der Waals surface area contributed by atoms with Crippen molar-refractivity contribution in [1.82, 2.24) is 15.4 Å². The van der Waals surface area contributed by atoms with Crippen LogP contribution >= 0.6 is 35.3 Å². The summed E-state index contributed by atoms with van der Waals surface area (Å²) in [6.07, 6.45) is 1.60. The van der Waals surface area contributed by atoms with E-state index in [1.165, 1.54) is 11.3 Å². The first-order valence-electron chi connectivity index (χ1n) is 6.62. The van der Waals surface area contributed by atoms with Crippen molar-refractivity contribution in [3.8, 4) is 0 Å². The van der Waals surface area contributed by atoms with Gasteiger partial charge in [0.25, 0.3) is 0 Å². The van der Waals surface area contributed by atoms with E-state index in [-0.39, 0.29) is 30.5 Å². The Hall–Kier alpha value is -1.11. The third-order valence-electron chi connectivity index (χ3n) is 2.70. The van der Waals surface area contributed by atoms with Crippen molar-refractivity contribution in [1.29, 1.82) is 0 Å². The number of nitrogens with one attached hydrogen (secondary N) is 3. The van der Waals surface area contributed by atoms with Gasteiger partial charge in [-0.2, -0.15) is 0 Å². The van der Waals surface area contributed by atoms with Gasteiger partial charge in [0, 0.05) is 20.1 Å². The Morgan fingerprint density at radius 1 is 1.26 bits per heavy atom. The molecule has 10 heteroatoms. The molecule has 2 aromatic heterocycles. The third kappa shape index (κ3) is 6.49. The lowest BCUT2D eigenvalue weighted by atomic mass is 10.4. The summed E-state index contributed by atoms with van der Waals surface area (Å²) in [5.74, 6) is 1.37. The largest absolute Gasteiger partial charge is 0.467 e. The molecule has 0 fully saturated rings. The topological polar surface area (TPSA) is 95.7 Å². The molecule has 2 heterocycles. The second-order valence-corrected chi connectivity index (χ2v) is 7.20. The molecule has 7 nitrogen and oxygen atoms in total. The number of hydrogen-bond acceptors (Lipinski definition) is 5. The van der Waals surface area contributed by atoms with E-state index in [1.54, 1.807) is 30.8 Å². The Labute approximate surface area is 156 Å². The fourth-order valence-electron chi connectivity index (χ4n) is 1.66. The quantitative estimate of drug-likeness (QED) is 0.247. The summed E-state index contributed by atoms with van der Waals surface area (Å²) in [5.41, 5.74) is 0. The van der Waals surface area contributed by atoms with Crippen LogP contribution in [0, 0.1) is 0 Å². The fourth-order valence-corrected chi connectivity index (χ4v) is 3.73. The van der Waals surface area contributed by atoms with Gasteiger partial charge in [-0.05, 0) is 23.6 Å². The average Bonchev–Trinajstić information content (AvgIpc) is 3.20. The number of aliphatic imine (C=N–C) groups is 1. The zero-order valence-electron chi connectivity index (χ0n) is 12.5. The van der Waals surface area contributed by atoms with Crippen LogP contribution in [0.3, 0.4) is 0 Å². The Balaban J connectivity index is 0.00000264. The summed E-state index contributed by atoms with van der Waals surface area (Å²) in [4.78, 5) is 4.05. The first-order chi connectivity index (χ1) is 10.6. The summed E-state index contributed by atoms with van der Waals surface area (Å²) < 4.78 is 31.9. The highest BCUT2D eigenvalue weighted by molar-refractivity contribution is 14.0. The molecule has 128 valence electrons. The smallest absolute Gasteiger partial charge is 0.250 e. The van der Waals surface area contributed by atoms with Crippen LogP contribution in [-0.2, 0) is 16.6 Å². The van der Waals surface area contributed by atoms with Gasteiger partial charge in [0.15, 0.2) is 5.96 Å². The van der Waals surface area contributed by atoms with Crippen LogP contribution in [-0.4, -0.2) is 34.5 Å². The molecule has 0 saturated heterocycles. The minimum Gasteiger partial charge on any atom is -0.467 e. The van der Waals surface area contributed by atoms with E-state index in [9.17, 15) is 8.42 Å². The summed E-state index contributed by atoms with van der Waals surface area (Å²) in [6, 6.07) is 6.95. The molecule has 2 aromatic rings. The minimum atomic E-state index is -3.42. The first-order valence-corrected chi connectivity index (χ1v) is 8.98. The zero-order chi connectivity index (χ0) is 15.8. The molecule has 0 bridgehead atoms. The van der Waals surface area contributed by atoms with E-state index >= 15 is 0 Å². The predicted molar refractivity (Wildman–Crippen MR) is 102 cm³/mol. The summed E-state index contributed by atoms with van der Waals surface area (Å²) >= 11 is 1.19. The van der Waals surface area contributed by atoms with Crippen LogP contribution in [0.15, 0.2) is 49.5 Å². The molecule has 0 aliphatic heterocycles. The summed E-state index contributed by atoms with van der Waals surface area (Å²) in [6.45, 7) is 1.19. The molecular weight excluding hydrogens is 451 g/mol. The fraction of sp³-hybridized carbons (Fsp3) is 0.308. The number of furan rings is 1. The van der Waals surface area contributed by atoms with Gasteiger partial charge in [0.1, 0.15) is 9.97 Å². The maximum atomic E-state index is 11.9. The Morgan fingerprint density at radius 3 is 2.70 bits per heavy atom. The molecule has 0 unspecified atom stereocenters. The Morgan fingerprint density at radius 2 is 2.09 bits per heavy atom. The van der Waals surface area contributed by atoms with Crippen molar-refractivity contribution in [2.24, 2.45) is 4.99 Å². The molecule has 3 N–H and O–H groups in total. The highest BCUT2D eigenvalue weighted by Gasteiger charge is 2.13. The maximum absolute atomic E-state index is 11.9. The average molecular weight is 470 g/mol. The van der Waals surface area contributed by atoms with Gasteiger partial charge in [-0.25, -0.2) is 13.1 Å². The normalized spacial score (nSPS) is 11.8. The van der Waals surface area contributed by atoms with Crippen LogP contribution in [0.25, 0.3) is 0 Å². The molecule has 0 aromatic carbocycles. The molecule has 0 atom stereocenters. The molecule has 23 heavy (non-hydrogen) atoms. The Bertz CT molecular complexity index is 685. The second-order valence-electron chi connectivity index (χ2n) is 4.26. The van der Waals surface area contributed by atoms with Crippen LogP contribution in [0.1, 0.15) is 5.76 Å². The van der Waals surface area contributed by atoms with Crippen molar-refractivity contribution in [3.05, 3.63) is 41.7 Å². The Kier molecular flexibility index (Phi) is 8.58. The van der Waals surface area contributed by atoms with Gasteiger partial charge in [0.2, 0.25) is 10.0 Å². The highest BCUT2D eigenvalue weighted by atomic mass is 127. The lowest BCUT2D eigenvalue weighted by molar-refractivity contribution is 0.501. The summed E-state index contributed by atoms with van der Waals surface area (Å²) in [5, 5.41) is 7.82. The van der Waals surface area contributed by atoms with Crippen molar-refractivity contribution in [3.63, 3.8) is 0 Å². The van der Waals surface area contributed by atoms with Gasteiger partial charge in [-0.3, -0.25) is 4.99 Å². The molecule has 0 saturated carbocycles. The van der Waals surface area contributed by atoms with E-state index in [0.29, 0.717) is 23.3 Å². The van der Waals surface area contributed by atoms with E-state index in [1.807, 2.05) is 12.1 Å². The van der Waals surface area contributed by atoms with Crippen molar-refractivity contribution in [2.45, 2.75) is 10.8 Å². The second kappa shape index (κ2) is 9.90. The van der Waals surface area contributed by atoms with Crippen LogP contribution in [0.4, 0.5) is 0 Å². The van der Waals surface area contributed by atoms with Gasteiger partial charge >= 0.3 is 0 Å². The maximum Gasteiger partial charge on any atom is 0.250 e. The van der Waals surface area contributed by atoms with Gasteiger partial charge in [-0.1, -0.05) is 6.07 Å². The van der Waals surface area contributed by atoms with E-state index in [4.69, 9.17) is 4.42 Å². The van der Waals surface area contributed by atoms with Gasteiger partial charge in [-0.15, -0.1) is 35.3 Å². The lowest BCUT2D eigenvalue weighted by Gasteiger charge is -2.11. The van der Waals surface area contributed by atoms with Gasteiger partial charge < -0.3 is 15.1 Å². The minimum absolute atomic E-state index is 0. The molecule has 0 aliphatic rings. The van der Waals surface area contributed by atoms with Crippen molar-refractivity contribution >= 4 is 51.3 Å². The summed E-state index contributed by atoms with van der Waals surface area (Å²) in [7, 11) is -1.77. The van der Waals surface area contributed by atoms with Gasteiger partial charge in [0.05, 0.1) is 12.8 Å². The number of thiophene rings is 1. The first kappa shape index (κ1) is 19.9. The van der Waals surface area contributed by atoms with Crippen molar-refractivity contribution in [2.75, 3.05) is 20.1 Å².